The zero-order chi connectivity index (χ0) is 17.6. The molecular formula is C17H36N2O3. The zero-order valence-corrected chi connectivity index (χ0v) is 15.1. The highest BCUT2D eigenvalue weighted by atomic mass is 16.3. The van der Waals surface area contributed by atoms with Crippen molar-refractivity contribution in [3.05, 3.63) is 0 Å². The summed E-state index contributed by atoms with van der Waals surface area (Å²) in [6.45, 7) is 10.1. The number of hydrogen-bond acceptors (Lipinski definition) is 3. The summed E-state index contributed by atoms with van der Waals surface area (Å²) >= 11 is 0. The first-order valence-corrected chi connectivity index (χ1v) is 8.29. The van der Waals surface area contributed by atoms with Gasteiger partial charge in [-0.05, 0) is 18.3 Å². The summed E-state index contributed by atoms with van der Waals surface area (Å²) in [5.41, 5.74) is 4.57. The van der Waals surface area contributed by atoms with Gasteiger partial charge in [-0.25, -0.2) is 0 Å². The Labute approximate surface area is 136 Å². The van der Waals surface area contributed by atoms with Crippen LogP contribution in [0.15, 0.2) is 0 Å². The van der Waals surface area contributed by atoms with Crippen LogP contribution >= 0.6 is 0 Å². The van der Waals surface area contributed by atoms with Crippen molar-refractivity contribution in [3.8, 4) is 0 Å². The standard InChI is InChI=1S/C15H31NO2.C2H5NO/c1-5-6-7-8-9-10-14(18)16-12-13(17)11-15(2,3)4;1-2(3)4/h13,17H,5-12H2,1-4H3,(H,16,18);1H3,(H2,3,4). The molecule has 5 heteroatoms. The van der Waals surface area contributed by atoms with Crippen LogP contribution < -0.4 is 11.1 Å². The van der Waals surface area contributed by atoms with Crippen LogP contribution in [-0.2, 0) is 9.59 Å². The van der Waals surface area contributed by atoms with E-state index in [0.29, 0.717) is 19.4 Å². The monoisotopic (exact) mass is 316 g/mol. The van der Waals surface area contributed by atoms with E-state index in [4.69, 9.17) is 0 Å². The third-order valence-electron chi connectivity index (χ3n) is 2.89. The van der Waals surface area contributed by atoms with Gasteiger partial charge in [0.2, 0.25) is 11.8 Å². The highest BCUT2D eigenvalue weighted by Gasteiger charge is 2.16. The predicted octanol–water partition coefficient (Wildman–Crippen LogP) is 2.75. The zero-order valence-electron chi connectivity index (χ0n) is 15.1. The molecule has 0 aromatic carbocycles. The third kappa shape index (κ3) is 24.0. The fourth-order valence-corrected chi connectivity index (χ4v) is 1.99. The molecule has 1 unspecified atom stereocenters. The van der Waals surface area contributed by atoms with Crippen molar-refractivity contribution in [2.45, 2.75) is 85.7 Å². The number of aliphatic hydroxyl groups is 1. The Morgan fingerprint density at radius 2 is 1.64 bits per heavy atom. The molecule has 0 aliphatic heterocycles. The topological polar surface area (TPSA) is 92.4 Å². The summed E-state index contributed by atoms with van der Waals surface area (Å²) in [7, 11) is 0. The quantitative estimate of drug-likeness (QED) is 0.571. The van der Waals surface area contributed by atoms with Crippen molar-refractivity contribution < 1.29 is 14.7 Å². The summed E-state index contributed by atoms with van der Waals surface area (Å²) < 4.78 is 0. The summed E-state index contributed by atoms with van der Waals surface area (Å²) in [5.74, 6) is -0.264. The van der Waals surface area contributed by atoms with E-state index in [-0.39, 0.29) is 17.2 Å². The maximum absolute atomic E-state index is 11.5. The Morgan fingerprint density at radius 3 is 2.09 bits per heavy atom. The van der Waals surface area contributed by atoms with Gasteiger partial charge in [0.25, 0.3) is 0 Å². The molecule has 1 atom stereocenters. The largest absolute Gasteiger partial charge is 0.391 e. The molecule has 0 aliphatic rings. The van der Waals surface area contributed by atoms with E-state index >= 15 is 0 Å². The number of carbonyl (C=O) groups is 2. The van der Waals surface area contributed by atoms with Crippen molar-refractivity contribution in [3.63, 3.8) is 0 Å². The lowest BCUT2D eigenvalue weighted by atomic mass is 9.89. The van der Waals surface area contributed by atoms with E-state index in [9.17, 15) is 14.7 Å². The first-order chi connectivity index (χ1) is 10.1. The maximum Gasteiger partial charge on any atom is 0.220 e. The first kappa shape index (κ1) is 23.2. The minimum atomic E-state index is -0.436. The van der Waals surface area contributed by atoms with E-state index in [0.717, 1.165) is 12.8 Å². The predicted molar refractivity (Wildman–Crippen MR) is 91.3 cm³/mol. The second kappa shape index (κ2) is 13.6. The number of aliphatic hydroxyl groups excluding tert-OH is 1. The minimum Gasteiger partial charge on any atom is -0.391 e. The van der Waals surface area contributed by atoms with E-state index in [1.165, 1.54) is 26.2 Å². The van der Waals surface area contributed by atoms with Crippen LogP contribution in [-0.4, -0.2) is 29.6 Å². The van der Waals surface area contributed by atoms with Crippen LogP contribution in [0.1, 0.15) is 79.6 Å². The Morgan fingerprint density at radius 1 is 1.14 bits per heavy atom. The van der Waals surface area contributed by atoms with Crippen LogP contribution in [0.2, 0.25) is 0 Å². The van der Waals surface area contributed by atoms with E-state index in [1.807, 2.05) is 0 Å². The minimum absolute atomic E-state index is 0.0689. The molecule has 2 amide bonds. The molecule has 0 heterocycles. The summed E-state index contributed by atoms with van der Waals surface area (Å²) in [5, 5.41) is 12.6. The molecule has 0 bridgehead atoms. The molecule has 22 heavy (non-hydrogen) atoms. The third-order valence-corrected chi connectivity index (χ3v) is 2.89. The fourth-order valence-electron chi connectivity index (χ4n) is 1.99. The second-order valence-electron chi connectivity index (χ2n) is 7.00. The van der Waals surface area contributed by atoms with Gasteiger partial charge in [-0.2, -0.15) is 0 Å². The second-order valence-corrected chi connectivity index (χ2v) is 7.00. The number of carbonyl (C=O) groups excluding carboxylic acids is 2. The van der Waals surface area contributed by atoms with Crippen LogP contribution in [0.25, 0.3) is 0 Å². The van der Waals surface area contributed by atoms with Crippen LogP contribution in [0, 0.1) is 5.41 Å². The number of nitrogens with one attached hydrogen (secondary N) is 1. The van der Waals surface area contributed by atoms with Crippen LogP contribution in [0.5, 0.6) is 0 Å². The molecule has 0 saturated carbocycles. The van der Waals surface area contributed by atoms with E-state index in [2.05, 4.69) is 38.7 Å². The summed E-state index contributed by atoms with van der Waals surface area (Å²) in [6.07, 6.45) is 6.66. The number of primary amides is 1. The number of hydrogen-bond donors (Lipinski definition) is 3. The molecule has 0 spiro atoms. The molecule has 0 fully saturated rings. The van der Waals surface area contributed by atoms with E-state index in [1.54, 1.807) is 0 Å². The lowest BCUT2D eigenvalue weighted by molar-refractivity contribution is -0.121. The van der Waals surface area contributed by atoms with Gasteiger partial charge < -0.3 is 16.2 Å². The van der Waals surface area contributed by atoms with Gasteiger partial charge in [-0.3, -0.25) is 9.59 Å². The van der Waals surface area contributed by atoms with Gasteiger partial charge in [0.15, 0.2) is 0 Å². The maximum atomic E-state index is 11.5. The molecule has 0 radical (unpaired) electrons. The highest BCUT2D eigenvalue weighted by molar-refractivity contribution is 5.75. The number of amides is 2. The molecule has 0 rings (SSSR count). The SMILES string of the molecule is CC(N)=O.CCCCCCCC(=O)NCC(O)CC(C)(C)C. The fraction of sp³-hybridized carbons (Fsp3) is 0.882. The molecule has 132 valence electrons. The smallest absolute Gasteiger partial charge is 0.220 e. The normalized spacial score (nSPS) is 12.1. The van der Waals surface area contributed by atoms with E-state index < -0.39 is 6.10 Å². The van der Waals surface area contributed by atoms with Crippen LogP contribution in [0.4, 0.5) is 0 Å². The number of nitrogens with two attached hydrogens (primary N) is 1. The highest BCUT2D eigenvalue weighted by Crippen LogP contribution is 2.20. The number of rotatable bonds is 9. The molecule has 4 N–H and O–H groups in total. The van der Waals surface area contributed by atoms with Crippen molar-refractivity contribution in [1.82, 2.24) is 5.32 Å². The van der Waals surface area contributed by atoms with Crippen molar-refractivity contribution in [1.29, 1.82) is 0 Å². The Balaban J connectivity index is 0. The summed E-state index contributed by atoms with van der Waals surface area (Å²) in [6, 6.07) is 0. The average Bonchev–Trinajstić information content (AvgIpc) is 2.33. The van der Waals surface area contributed by atoms with Gasteiger partial charge in [0.05, 0.1) is 6.10 Å². The molecular weight excluding hydrogens is 280 g/mol. The van der Waals surface area contributed by atoms with Gasteiger partial charge >= 0.3 is 0 Å². The van der Waals surface area contributed by atoms with Crippen molar-refractivity contribution in [2.24, 2.45) is 11.1 Å². The molecule has 0 aromatic rings. The number of unbranched alkanes of at least 4 members (excludes halogenated alkanes) is 4. The van der Waals surface area contributed by atoms with Gasteiger partial charge in [-0.1, -0.05) is 53.4 Å². The molecule has 0 aliphatic carbocycles. The average molecular weight is 316 g/mol. The Hall–Kier alpha value is -1.10. The van der Waals surface area contributed by atoms with Gasteiger partial charge in [0, 0.05) is 19.9 Å². The van der Waals surface area contributed by atoms with Crippen molar-refractivity contribution >= 4 is 11.8 Å². The van der Waals surface area contributed by atoms with Gasteiger partial charge in [-0.15, -0.1) is 0 Å². The lowest BCUT2D eigenvalue weighted by Crippen LogP contribution is -2.34. The lowest BCUT2D eigenvalue weighted by Gasteiger charge is -2.22. The Bertz CT molecular complexity index is 295. The van der Waals surface area contributed by atoms with Gasteiger partial charge in [0.1, 0.15) is 0 Å². The Kier molecular flexibility index (Phi) is 14.3. The molecule has 5 nitrogen and oxygen atoms in total. The summed E-state index contributed by atoms with van der Waals surface area (Å²) in [4.78, 5) is 20.7. The van der Waals surface area contributed by atoms with Crippen molar-refractivity contribution in [2.75, 3.05) is 6.54 Å². The first-order valence-electron chi connectivity index (χ1n) is 8.29. The molecule has 0 saturated heterocycles. The van der Waals surface area contributed by atoms with Crippen LogP contribution in [0.3, 0.4) is 0 Å². The molecule has 0 aromatic heterocycles.